The number of pyridine rings is 1. The number of oxazole rings is 1. The van der Waals surface area contributed by atoms with E-state index in [4.69, 9.17) is 9.15 Å². The number of aromatic nitrogens is 2. The van der Waals surface area contributed by atoms with Gasteiger partial charge in [-0.15, -0.1) is 0 Å². The molecule has 218 valence electrons. The van der Waals surface area contributed by atoms with E-state index in [9.17, 15) is 22.8 Å². The highest BCUT2D eigenvalue weighted by molar-refractivity contribution is 6.03. The molecule has 3 aliphatic rings. The number of halogens is 3. The smallest absolute Gasteiger partial charge is 0.437 e. The maximum absolute atomic E-state index is 13.7. The molecule has 2 aromatic rings. The third-order valence-electron chi connectivity index (χ3n) is 7.67. The molecule has 1 unspecified atom stereocenters. The molecule has 2 amide bonds. The van der Waals surface area contributed by atoms with Gasteiger partial charge >= 0.3 is 12.3 Å². The van der Waals surface area contributed by atoms with Crippen LogP contribution in [0.15, 0.2) is 22.7 Å². The van der Waals surface area contributed by atoms with Crippen LogP contribution in [0.3, 0.4) is 0 Å². The Morgan fingerprint density at radius 2 is 1.77 bits per heavy atom. The van der Waals surface area contributed by atoms with Gasteiger partial charge in [-0.3, -0.25) is 4.79 Å². The molecule has 0 aromatic carbocycles. The first-order chi connectivity index (χ1) is 19.2. The first-order valence-corrected chi connectivity index (χ1v) is 14.0. The number of anilines is 3. The van der Waals surface area contributed by atoms with Gasteiger partial charge in [-0.05, 0) is 63.0 Å². The fourth-order valence-corrected chi connectivity index (χ4v) is 5.54. The Hall–Kier alpha value is -3.51. The number of amides is 2. The van der Waals surface area contributed by atoms with Crippen molar-refractivity contribution in [2.24, 2.45) is 5.92 Å². The summed E-state index contributed by atoms with van der Waals surface area (Å²) in [6.07, 6.45) is 2.84. The lowest BCUT2D eigenvalue weighted by Crippen LogP contribution is -2.37. The highest BCUT2D eigenvalue weighted by Crippen LogP contribution is 2.35. The van der Waals surface area contributed by atoms with Crippen molar-refractivity contribution in [3.63, 3.8) is 0 Å². The van der Waals surface area contributed by atoms with Crippen LogP contribution in [0.25, 0.3) is 0 Å². The zero-order valence-corrected chi connectivity index (χ0v) is 22.6. The average Bonchev–Trinajstić information content (AvgIpc) is 3.54. The third kappa shape index (κ3) is 6.61. The summed E-state index contributed by atoms with van der Waals surface area (Å²) in [5, 5.41) is 2.45. The molecule has 2 saturated heterocycles. The highest BCUT2D eigenvalue weighted by Gasteiger charge is 2.42. The predicted molar refractivity (Wildman–Crippen MR) is 141 cm³/mol. The van der Waals surface area contributed by atoms with E-state index in [1.807, 2.05) is 11.8 Å². The Morgan fingerprint density at radius 3 is 2.48 bits per heavy atom. The number of nitrogens with zero attached hydrogens (tertiary/aromatic N) is 5. The summed E-state index contributed by atoms with van der Waals surface area (Å²) < 4.78 is 52.1. The minimum Gasteiger partial charge on any atom is -0.446 e. The van der Waals surface area contributed by atoms with E-state index in [1.165, 1.54) is 6.20 Å². The largest absolute Gasteiger partial charge is 0.446 e. The molecule has 1 aliphatic carbocycles. The number of hydrogen-bond donors (Lipinski definition) is 1. The molecule has 3 fully saturated rings. The van der Waals surface area contributed by atoms with Crippen LogP contribution in [0.2, 0.25) is 0 Å². The molecular formula is C27H35F3N6O4. The van der Waals surface area contributed by atoms with Crippen molar-refractivity contribution in [1.29, 1.82) is 0 Å². The number of nitrogens with one attached hydrogen (secondary N) is 1. The van der Waals surface area contributed by atoms with Crippen LogP contribution in [0.4, 0.5) is 35.5 Å². The summed E-state index contributed by atoms with van der Waals surface area (Å²) in [4.78, 5) is 38.8. The van der Waals surface area contributed by atoms with Gasteiger partial charge in [-0.2, -0.15) is 18.2 Å². The summed E-state index contributed by atoms with van der Waals surface area (Å²) in [5.74, 6) is -0.991. The van der Waals surface area contributed by atoms with Crippen LogP contribution in [-0.4, -0.2) is 72.2 Å². The van der Waals surface area contributed by atoms with Gasteiger partial charge in [0.05, 0.1) is 11.9 Å². The van der Waals surface area contributed by atoms with Crippen LogP contribution in [-0.2, 0) is 10.9 Å². The monoisotopic (exact) mass is 564 g/mol. The summed E-state index contributed by atoms with van der Waals surface area (Å²) in [7, 11) is 0. The minimum absolute atomic E-state index is 0.0144. The number of carbonyl (C=O) groups is 2. The number of piperidine rings is 1. The quantitative estimate of drug-likeness (QED) is 0.531. The lowest BCUT2D eigenvalue weighted by atomic mass is 10.0. The summed E-state index contributed by atoms with van der Waals surface area (Å²) in [5.41, 5.74) is -1.12. The SMILES string of the molecule is CC1CCCN(c2nc(C(F)(F)F)c(C(=O)Nc3ccc(N4CCCN(C(=O)OC5CCCC5)CC4)nc3)o2)C1. The number of alkyl halides is 3. The van der Waals surface area contributed by atoms with Crippen LogP contribution < -0.4 is 15.1 Å². The fraction of sp³-hybridized carbons (Fsp3) is 0.630. The Balaban J connectivity index is 1.21. The molecular weight excluding hydrogens is 529 g/mol. The normalized spacial score (nSPS) is 20.9. The van der Waals surface area contributed by atoms with E-state index in [-0.39, 0.29) is 29.8 Å². The topological polar surface area (TPSA) is 104 Å². The van der Waals surface area contributed by atoms with Gasteiger partial charge in [-0.1, -0.05) is 6.92 Å². The molecule has 13 heteroatoms. The van der Waals surface area contributed by atoms with Crippen LogP contribution >= 0.6 is 0 Å². The Labute approximate surface area is 230 Å². The Kier molecular flexibility index (Phi) is 8.36. The van der Waals surface area contributed by atoms with Gasteiger partial charge in [0, 0.05) is 39.3 Å². The number of ether oxygens (including phenoxy) is 1. The second kappa shape index (κ2) is 11.9. The van der Waals surface area contributed by atoms with Gasteiger partial charge in [0.25, 0.3) is 11.9 Å². The van der Waals surface area contributed by atoms with Gasteiger partial charge in [0.15, 0.2) is 5.69 Å². The van der Waals surface area contributed by atoms with Gasteiger partial charge in [-0.25, -0.2) is 9.78 Å². The Morgan fingerprint density at radius 1 is 1.00 bits per heavy atom. The average molecular weight is 565 g/mol. The first kappa shape index (κ1) is 28.0. The molecule has 2 aliphatic heterocycles. The van der Waals surface area contributed by atoms with Crippen LogP contribution in [0.1, 0.15) is 68.1 Å². The molecule has 0 spiro atoms. The van der Waals surface area contributed by atoms with Gasteiger partial charge in [0.2, 0.25) is 5.76 Å². The molecule has 10 nitrogen and oxygen atoms in total. The molecule has 0 bridgehead atoms. The highest BCUT2D eigenvalue weighted by atomic mass is 19.4. The Bertz CT molecular complexity index is 1180. The molecule has 1 atom stereocenters. The van der Waals surface area contributed by atoms with E-state index in [1.54, 1.807) is 21.9 Å². The van der Waals surface area contributed by atoms with Crippen molar-refractivity contribution >= 4 is 29.5 Å². The second-order valence-corrected chi connectivity index (χ2v) is 10.8. The molecule has 2 aromatic heterocycles. The van der Waals surface area contributed by atoms with Crippen molar-refractivity contribution in [3.05, 3.63) is 29.8 Å². The number of hydrogen-bond acceptors (Lipinski definition) is 8. The fourth-order valence-electron chi connectivity index (χ4n) is 5.54. The molecule has 5 rings (SSSR count). The maximum atomic E-state index is 13.7. The summed E-state index contributed by atoms with van der Waals surface area (Å²) >= 11 is 0. The summed E-state index contributed by atoms with van der Waals surface area (Å²) in [6, 6.07) is 3.07. The van der Waals surface area contributed by atoms with E-state index >= 15 is 0 Å². The molecule has 1 N–H and O–H groups in total. The second-order valence-electron chi connectivity index (χ2n) is 10.8. The number of carbonyl (C=O) groups excluding carboxylic acids is 2. The van der Waals surface area contributed by atoms with Crippen LogP contribution in [0, 0.1) is 5.92 Å². The first-order valence-electron chi connectivity index (χ1n) is 14.0. The molecule has 0 radical (unpaired) electrons. The third-order valence-corrected chi connectivity index (χ3v) is 7.67. The minimum atomic E-state index is -4.85. The van der Waals surface area contributed by atoms with Crippen molar-refractivity contribution < 1.29 is 31.9 Å². The maximum Gasteiger partial charge on any atom is 0.437 e. The molecule has 1 saturated carbocycles. The lowest BCUT2D eigenvalue weighted by molar-refractivity contribution is -0.141. The molecule has 40 heavy (non-hydrogen) atoms. The standard InChI is InChI=1S/C27H35F3N6O4/c1-18-6-4-11-36(17-18)25-33-23(27(28,29)30)22(40-25)24(37)32-19-9-10-21(31-16-19)34-12-5-13-35(15-14-34)26(38)39-20-7-2-3-8-20/h9-10,16,18,20H,2-8,11-15,17H2,1H3,(H,32,37). The predicted octanol–water partition coefficient (Wildman–Crippen LogP) is 5.17. The summed E-state index contributed by atoms with van der Waals surface area (Å²) in [6.45, 7) is 5.37. The van der Waals surface area contributed by atoms with Crippen molar-refractivity contribution in [2.75, 3.05) is 54.4 Å². The number of rotatable bonds is 5. The van der Waals surface area contributed by atoms with Crippen molar-refractivity contribution in [2.45, 2.75) is 64.1 Å². The zero-order valence-electron chi connectivity index (χ0n) is 22.6. The van der Waals surface area contributed by atoms with Crippen LogP contribution in [0.5, 0.6) is 0 Å². The van der Waals surface area contributed by atoms with E-state index in [2.05, 4.69) is 15.3 Å². The van der Waals surface area contributed by atoms with Crippen molar-refractivity contribution in [3.8, 4) is 0 Å². The van der Waals surface area contributed by atoms with Gasteiger partial charge in [0.1, 0.15) is 11.9 Å². The van der Waals surface area contributed by atoms with E-state index in [0.717, 1.165) is 44.9 Å². The lowest BCUT2D eigenvalue weighted by Gasteiger charge is -2.29. The molecule has 4 heterocycles. The van der Waals surface area contributed by atoms with Gasteiger partial charge < -0.3 is 29.2 Å². The zero-order chi connectivity index (χ0) is 28.3. The van der Waals surface area contributed by atoms with E-state index in [0.29, 0.717) is 45.1 Å². The van der Waals surface area contributed by atoms with Crippen molar-refractivity contribution in [1.82, 2.24) is 14.9 Å². The van der Waals surface area contributed by atoms with E-state index < -0.39 is 23.5 Å².